The van der Waals surface area contributed by atoms with Gasteiger partial charge in [-0.3, -0.25) is 0 Å². The number of rotatable bonds is 5. The highest BCUT2D eigenvalue weighted by Crippen LogP contribution is 2.38. The quantitative estimate of drug-likeness (QED) is 0.899. The van der Waals surface area contributed by atoms with Gasteiger partial charge in [0, 0.05) is 30.9 Å². The highest BCUT2D eigenvalue weighted by atomic mass is 16.3. The predicted octanol–water partition coefficient (Wildman–Crippen LogP) is 2.32. The Morgan fingerprint density at radius 2 is 2.10 bits per heavy atom. The topological polar surface area (TPSA) is 41.3 Å². The molecule has 0 saturated heterocycles. The number of imidazole rings is 1. The number of aryl methyl sites for hydroxylation is 1. The number of likely N-dealkylation sites (N-methyl/N-ethyl adjacent to an activating group) is 1. The fraction of sp³-hybridized carbons (Fsp3) is 0.812. The van der Waals surface area contributed by atoms with Gasteiger partial charge in [0.15, 0.2) is 0 Å². The van der Waals surface area contributed by atoms with Crippen LogP contribution in [0.15, 0.2) is 12.4 Å². The second kappa shape index (κ2) is 6.27. The molecule has 20 heavy (non-hydrogen) atoms. The van der Waals surface area contributed by atoms with Gasteiger partial charge in [0.1, 0.15) is 5.82 Å². The van der Waals surface area contributed by atoms with Crippen molar-refractivity contribution in [1.82, 2.24) is 14.5 Å². The first-order chi connectivity index (χ1) is 9.49. The van der Waals surface area contributed by atoms with Crippen molar-refractivity contribution in [3.63, 3.8) is 0 Å². The molecule has 1 aromatic rings. The summed E-state index contributed by atoms with van der Waals surface area (Å²) in [4.78, 5) is 6.65. The first-order valence-electron chi connectivity index (χ1n) is 7.85. The number of aliphatic hydroxyl groups excluding tert-OH is 1. The van der Waals surface area contributed by atoms with E-state index in [9.17, 15) is 5.11 Å². The van der Waals surface area contributed by atoms with Crippen molar-refractivity contribution in [2.24, 2.45) is 5.92 Å². The summed E-state index contributed by atoms with van der Waals surface area (Å²) in [6.45, 7) is 5.34. The minimum Gasteiger partial charge on any atom is -0.391 e. The lowest BCUT2D eigenvalue weighted by Gasteiger charge is -2.47. The Morgan fingerprint density at radius 1 is 1.45 bits per heavy atom. The molecule has 1 aromatic heterocycles. The lowest BCUT2D eigenvalue weighted by Crippen LogP contribution is -2.56. The van der Waals surface area contributed by atoms with Crippen LogP contribution in [0.5, 0.6) is 0 Å². The summed E-state index contributed by atoms with van der Waals surface area (Å²) in [7, 11) is 4.21. The Bertz CT molecular complexity index is 419. The van der Waals surface area contributed by atoms with E-state index in [4.69, 9.17) is 0 Å². The van der Waals surface area contributed by atoms with Gasteiger partial charge < -0.3 is 14.6 Å². The first-order valence-corrected chi connectivity index (χ1v) is 7.85. The molecule has 1 aliphatic carbocycles. The maximum Gasteiger partial charge on any atom is 0.111 e. The number of hydrogen-bond acceptors (Lipinski definition) is 3. The smallest absolute Gasteiger partial charge is 0.111 e. The van der Waals surface area contributed by atoms with Crippen molar-refractivity contribution in [3.05, 3.63) is 18.2 Å². The third-order valence-corrected chi connectivity index (χ3v) is 5.17. The van der Waals surface area contributed by atoms with E-state index < -0.39 is 0 Å². The molecule has 0 radical (unpaired) electrons. The molecule has 2 rings (SSSR count). The number of aromatic nitrogens is 2. The summed E-state index contributed by atoms with van der Waals surface area (Å²) < 4.78 is 2.12. The average Bonchev–Trinajstić information content (AvgIpc) is 2.86. The molecule has 4 nitrogen and oxygen atoms in total. The van der Waals surface area contributed by atoms with E-state index >= 15 is 0 Å². The second-order valence-corrected chi connectivity index (χ2v) is 6.53. The van der Waals surface area contributed by atoms with Crippen LogP contribution in [0.25, 0.3) is 0 Å². The van der Waals surface area contributed by atoms with Gasteiger partial charge in [0.2, 0.25) is 0 Å². The SMILES string of the molecule is CCn1ccnc1CC(O)C1(N(C)C)CCC(C)CC1. The van der Waals surface area contributed by atoms with Crippen LogP contribution < -0.4 is 0 Å². The molecular formula is C16H29N3O. The molecule has 1 atom stereocenters. The van der Waals surface area contributed by atoms with Gasteiger partial charge in [0.25, 0.3) is 0 Å². The minimum atomic E-state index is -0.349. The summed E-state index contributed by atoms with van der Waals surface area (Å²) in [5.41, 5.74) is -0.0863. The molecular weight excluding hydrogens is 250 g/mol. The molecule has 0 bridgehead atoms. The third kappa shape index (κ3) is 2.91. The van der Waals surface area contributed by atoms with Crippen molar-refractivity contribution in [3.8, 4) is 0 Å². The Labute approximate surface area is 122 Å². The van der Waals surface area contributed by atoms with Crippen molar-refractivity contribution >= 4 is 0 Å². The van der Waals surface area contributed by atoms with Gasteiger partial charge in [-0.1, -0.05) is 6.92 Å². The largest absolute Gasteiger partial charge is 0.391 e. The van der Waals surface area contributed by atoms with Crippen molar-refractivity contribution in [2.75, 3.05) is 14.1 Å². The van der Waals surface area contributed by atoms with E-state index in [0.717, 1.165) is 31.1 Å². The van der Waals surface area contributed by atoms with Gasteiger partial charge in [-0.05, 0) is 52.6 Å². The van der Waals surface area contributed by atoms with Crippen LogP contribution in [-0.4, -0.2) is 45.3 Å². The normalized spacial score (nSPS) is 28.8. The van der Waals surface area contributed by atoms with Crippen LogP contribution in [0, 0.1) is 5.92 Å². The molecule has 1 fully saturated rings. The molecule has 1 unspecified atom stereocenters. The molecule has 0 aliphatic heterocycles. The van der Waals surface area contributed by atoms with E-state index in [-0.39, 0.29) is 11.6 Å². The van der Waals surface area contributed by atoms with Gasteiger partial charge >= 0.3 is 0 Å². The Kier molecular flexibility index (Phi) is 4.86. The van der Waals surface area contributed by atoms with Gasteiger partial charge in [-0.2, -0.15) is 0 Å². The zero-order valence-corrected chi connectivity index (χ0v) is 13.3. The van der Waals surface area contributed by atoms with Crippen molar-refractivity contribution in [1.29, 1.82) is 0 Å². The predicted molar refractivity (Wildman–Crippen MR) is 81.7 cm³/mol. The van der Waals surface area contributed by atoms with Crippen LogP contribution in [0.1, 0.15) is 45.4 Å². The number of aliphatic hydroxyl groups is 1. The first kappa shape index (κ1) is 15.5. The molecule has 1 saturated carbocycles. The fourth-order valence-corrected chi connectivity index (χ4v) is 3.52. The van der Waals surface area contributed by atoms with E-state index in [1.54, 1.807) is 0 Å². The lowest BCUT2D eigenvalue weighted by atomic mass is 9.72. The fourth-order valence-electron chi connectivity index (χ4n) is 3.52. The zero-order valence-electron chi connectivity index (χ0n) is 13.3. The standard InChI is InChI=1S/C16H29N3O/c1-5-19-11-10-17-15(19)12-14(20)16(18(3)4)8-6-13(2)7-9-16/h10-11,13-14,20H,5-9,12H2,1-4H3. The van der Waals surface area contributed by atoms with E-state index in [1.165, 1.54) is 12.8 Å². The second-order valence-electron chi connectivity index (χ2n) is 6.53. The summed E-state index contributed by atoms with van der Waals surface area (Å²) in [6, 6.07) is 0. The van der Waals surface area contributed by atoms with Crippen LogP contribution in [0.4, 0.5) is 0 Å². The van der Waals surface area contributed by atoms with Crippen molar-refractivity contribution in [2.45, 2.75) is 64.1 Å². The highest BCUT2D eigenvalue weighted by Gasteiger charge is 2.42. The molecule has 1 N–H and O–H groups in total. The van der Waals surface area contributed by atoms with E-state index in [1.807, 2.05) is 12.4 Å². The number of nitrogens with zero attached hydrogens (tertiary/aromatic N) is 3. The lowest BCUT2D eigenvalue weighted by molar-refractivity contribution is -0.0393. The highest BCUT2D eigenvalue weighted by molar-refractivity contribution is 5.03. The monoisotopic (exact) mass is 279 g/mol. The third-order valence-electron chi connectivity index (χ3n) is 5.17. The van der Waals surface area contributed by atoms with Gasteiger partial charge in [-0.15, -0.1) is 0 Å². The zero-order chi connectivity index (χ0) is 14.8. The average molecular weight is 279 g/mol. The van der Waals surface area contributed by atoms with Crippen LogP contribution in [0.3, 0.4) is 0 Å². The molecule has 0 spiro atoms. The van der Waals surface area contributed by atoms with Crippen molar-refractivity contribution < 1.29 is 5.11 Å². The van der Waals surface area contributed by atoms with E-state index in [0.29, 0.717) is 6.42 Å². The Morgan fingerprint density at radius 3 is 2.65 bits per heavy atom. The Hall–Kier alpha value is -0.870. The summed E-state index contributed by atoms with van der Waals surface area (Å²) >= 11 is 0. The molecule has 114 valence electrons. The summed E-state index contributed by atoms with van der Waals surface area (Å²) in [6.07, 6.45) is 8.69. The molecule has 0 amide bonds. The van der Waals surface area contributed by atoms with E-state index in [2.05, 4.69) is 42.4 Å². The summed E-state index contributed by atoms with van der Waals surface area (Å²) in [5, 5.41) is 10.9. The molecule has 4 heteroatoms. The van der Waals surface area contributed by atoms with Crippen LogP contribution in [-0.2, 0) is 13.0 Å². The van der Waals surface area contributed by atoms with Crippen LogP contribution >= 0.6 is 0 Å². The number of hydrogen-bond donors (Lipinski definition) is 1. The maximum atomic E-state index is 10.9. The van der Waals surface area contributed by atoms with Crippen LogP contribution in [0.2, 0.25) is 0 Å². The molecule has 1 aliphatic rings. The molecule has 0 aromatic carbocycles. The Balaban J connectivity index is 2.13. The van der Waals surface area contributed by atoms with Gasteiger partial charge in [-0.25, -0.2) is 4.98 Å². The molecule has 1 heterocycles. The maximum absolute atomic E-state index is 10.9. The summed E-state index contributed by atoms with van der Waals surface area (Å²) in [5.74, 6) is 1.78. The van der Waals surface area contributed by atoms with Gasteiger partial charge in [0.05, 0.1) is 6.10 Å². The minimum absolute atomic E-state index is 0.0863.